The number of fused-ring (bicyclic) bond motifs is 3. The molecule has 0 spiro atoms. The van der Waals surface area contributed by atoms with Gasteiger partial charge >= 0.3 is 0 Å². The third-order valence-electron chi connectivity index (χ3n) is 4.28. The van der Waals surface area contributed by atoms with Crippen LogP contribution in [0.4, 0.5) is 0 Å². The molecule has 2 N–H and O–H groups in total. The maximum absolute atomic E-state index is 12.0. The van der Waals surface area contributed by atoms with Crippen molar-refractivity contribution in [3.8, 4) is 5.75 Å². The number of aromatic amines is 1. The van der Waals surface area contributed by atoms with Gasteiger partial charge in [0.15, 0.2) is 6.61 Å². The first-order valence-corrected chi connectivity index (χ1v) is 8.72. The van der Waals surface area contributed by atoms with Crippen LogP contribution in [0.2, 0.25) is 5.02 Å². The topological polar surface area (TPSA) is 54.1 Å². The molecule has 0 aliphatic carbocycles. The molecule has 0 bridgehead atoms. The Hall–Kier alpha value is -2.98. The SMILES string of the molecule is O=C(COc1ccc2c(c1)[nH]c1ccccc12)NCc1ccccc1Cl. The van der Waals surface area contributed by atoms with Crippen LogP contribution in [0.15, 0.2) is 66.7 Å². The van der Waals surface area contributed by atoms with Gasteiger partial charge in [0.2, 0.25) is 0 Å². The van der Waals surface area contributed by atoms with Gasteiger partial charge in [0.05, 0.1) is 5.52 Å². The fourth-order valence-electron chi connectivity index (χ4n) is 2.96. The summed E-state index contributed by atoms with van der Waals surface area (Å²) in [5.74, 6) is 0.457. The first-order chi connectivity index (χ1) is 12.7. The van der Waals surface area contributed by atoms with Gasteiger partial charge in [0.25, 0.3) is 5.91 Å². The fourth-order valence-corrected chi connectivity index (χ4v) is 3.16. The van der Waals surface area contributed by atoms with E-state index in [1.54, 1.807) is 6.07 Å². The van der Waals surface area contributed by atoms with E-state index < -0.39 is 0 Å². The Balaban J connectivity index is 1.40. The molecular weight excluding hydrogens is 348 g/mol. The van der Waals surface area contributed by atoms with Gasteiger partial charge in [-0.2, -0.15) is 0 Å². The van der Waals surface area contributed by atoms with Gasteiger partial charge in [-0.25, -0.2) is 0 Å². The van der Waals surface area contributed by atoms with Gasteiger partial charge in [0, 0.05) is 33.9 Å². The molecule has 0 fully saturated rings. The van der Waals surface area contributed by atoms with Crippen LogP contribution in [0.25, 0.3) is 21.8 Å². The van der Waals surface area contributed by atoms with E-state index >= 15 is 0 Å². The summed E-state index contributed by atoms with van der Waals surface area (Å²) in [5.41, 5.74) is 2.94. The van der Waals surface area contributed by atoms with Crippen molar-refractivity contribution in [3.05, 3.63) is 77.3 Å². The maximum Gasteiger partial charge on any atom is 0.258 e. The summed E-state index contributed by atoms with van der Waals surface area (Å²) in [5, 5.41) is 5.76. The Morgan fingerprint density at radius 3 is 2.62 bits per heavy atom. The molecule has 0 saturated carbocycles. The molecule has 0 saturated heterocycles. The number of rotatable bonds is 5. The summed E-state index contributed by atoms with van der Waals surface area (Å²) in [6, 6.07) is 21.4. The molecule has 1 amide bonds. The summed E-state index contributed by atoms with van der Waals surface area (Å²) in [4.78, 5) is 15.4. The van der Waals surface area contributed by atoms with Crippen molar-refractivity contribution in [2.24, 2.45) is 0 Å². The number of hydrogen-bond acceptors (Lipinski definition) is 2. The lowest BCUT2D eigenvalue weighted by molar-refractivity contribution is -0.123. The molecule has 1 heterocycles. The van der Waals surface area contributed by atoms with Crippen LogP contribution >= 0.6 is 11.6 Å². The Morgan fingerprint density at radius 1 is 0.962 bits per heavy atom. The third kappa shape index (κ3) is 3.37. The molecule has 26 heavy (non-hydrogen) atoms. The number of hydrogen-bond donors (Lipinski definition) is 2. The smallest absolute Gasteiger partial charge is 0.258 e. The van der Waals surface area contributed by atoms with E-state index in [1.165, 1.54) is 5.39 Å². The number of aromatic nitrogens is 1. The van der Waals surface area contributed by atoms with Gasteiger partial charge in [-0.3, -0.25) is 4.79 Å². The molecule has 0 unspecified atom stereocenters. The predicted octanol–water partition coefficient (Wildman–Crippen LogP) is 4.67. The van der Waals surface area contributed by atoms with Crippen molar-refractivity contribution in [1.82, 2.24) is 10.3 Å². The van der Waals surface area contributed by atoms with Crippen LogP contribution in [-0.2, 0) is 11.3 Å². The molecular formula is C21H17ClN2O2. The first-order valence-electron chi connectivity index (χ1n) is 8.34. The van der Waals surface area contributed by atoms with Crippen LogP contribution in [0, 0.1) is 0 Å². The molecule has 0 aliphatic rings. The highest BCUT2D eigenvalue weighted by molar-refractivity contribution is 6.31. The van der Waals surface area contributed by atoms with Crippen molar-refractivity contribution in [2.45, 2.75) is 6.54 Å². The third-order valence-corrected chi connectivity index (χ3v) is 4.65. The van der Waals surface area contributed by atoms with Crippen molar-refractivity contribution < 1.29 is 9.53 Å². The van der Waals surface area contributed by atoms with Crippen molar-refractivity contribution in [2.75, 3.05) is 6.61 Å². The number of H-pyrrole nitrogens is 1. The first kappa shape index (κ1) is 16.5. The number of para-hydroxylation sites is 1. The molecule has 3 aromatic carbocycles. The highest BCUT2D eigenvalue weighted by Crippen LogP contribution is 2.28. The van der Waals surface area contributed by atoms with Crippen molar-refractivity contribution >= 4 is 39.3 Å². The lowest BCUT2D eigenvalue weighted by Gasteiger charge is -2.08. The Bertz CT molecular complexity index is 1090. The zero-order chi connectivity index (χ0) is 17.9. The highest BCUT2D eigenvalue weighted by atomic mass is 35.5. The van der Waals surface area contributed by atoms with Crippen LogP contribution in [0.3, 0.4) is 0 Å². The number of ether oxygens (including phenoxy) is 1. The predicted molar refractivity (Wildman–Crippen MR) is 105 cm³/mol. The Labute approximate surface area is 155 Å². The average molecular weight is 365 g/mol. The molecule has 4 nitrogen and oxygen atoms in total. The lowest BCUT2D eigenvalue weighted by atomic mass is 10.1. The second kappa shape index (κ2) is 7.10. The van der Waals surface area contributed by atoms with Crippen molar-refractivity contribution in [1.29, 1.82) is 0 Å². The highest BCUT2D eigenvalue weighted by Gasteiger charge is 2.07. The number of carbonyl (C=O) groups is 1. The molecule has 1 aromatic heterocycles. The number of benzene rings is 3. The van der Waals surface area contributed by atoms with E-state index in [1.807, 2.05) is 54.6 Å². The monoisotopic (exact) mass is 364 g/mol. The summed E-state index contributed by atoms with van der Waals surface area (Å²) in [7, 11) is 0. The minimum Gasteiger partial charge on any atom is -0.484 e. The van der Waals surface area contributed by atoms with E-state index in [9.17, 15) is 4.79 Å². The molecule has 0 radical (unpaired) electrons. The molecule has 0 atom stereocenters. The number of nitrogens with one attached hydrogen (secondary N) is 2. The summed E-state index contributed by atoms with van der Waals surface area (Å²) in [6.07, 6.45) is 0. The van der Waals surface area contributed by atoms with E-state index in [4.69, 9.17) is 16.3 Å². The Kier molecular flexibility index (Phi) is 4.50. The Morgan fingerprint density at radius 2 is 1.73 bits per heavy atom. The average Bonchev–Trinajstić information content (AvgIpc) is 3.03. The largest absolute Gasteiger partial charge is 0.484 e. The van der Waals surface area contributed by atoms with Crippen molar-refractivity contribution in [3.63, 3.8) is 0 Å². The van der Waals surface area contributed by atoms with E-state index in [-0.39, 0.29) is 12.5 Å². The molecule has 4 aromatic rings. The fraction of sp³-hybridized carbons (Fsp3) is 0.0952. The molecule has 4 rings (SSSR count). The van der Waals surface area contributed by atoms with Gasteiger partial charge in [-0.1, -0.05) is 48.0 Å². The van der Waals surface area contributed by atoms with Crippen LogP contribution in [0.5, 0.6) is 5.75 Å². The van der Waals surface area contributed by atoms with E-state index in [0.717, 1.165) is 22.0 Å². The zero-order valence-electron chi connectivity index (χ0n) is 14.0. The maximum atomic E-state index is 12.0. The van der Waals surface area contributed by atoms with E-state index in [0.29, 0.717) is 17.3 Å². The quantitative estimate of drug-likeness (QED) is 0.540. The second-order valence-electron chi connectivity index (χ2n) is 6.03. The molecule has 5 heteroatoms. The lowest BCUT2D eigenvalue weighted by Crippen LogP contribution is -2.28. The number of halogens is 1. The molecule has 0 aliphatic heterocycles. The number of amides is 1. The minimum absolute atomic E-state index is 0.0454. The summed E-state index contributed by atoms with van der Waals surface area (Å²) < 4.78 is 5.63. The standard InChI is InChI=1S/C21H17ClN2O2/c22-18-7-3-1-5-14(18)12-23-21(25)13-26-15-9-10-17-16-6-2-4-8-19(16)24-20(17)11-15/h1-11,24H,12-13H2,(H,23,25). The van der Waals surface area contributed by atoms with Gasteiger partial charge in [-0.05, 0) is 29.8 Å². The zero-order valence-corrected chi connectivity index (χ0v) is 14.7. The van der Waals surface area contributed by atoms with Crippen LogP contribution in [0.1, 0.15) is 5.56 Å². The minimum atomic E-state index is -0.193. The van der Waals surface area contributed by atoms with Crippen LogP contribution < -0.4 is 10.1 Å². The van der Waals surface area contributed by atoms with E-state index in [2.05, 4.69) is 16.4 Å². The molecule has 130 valence electrons. The van der Waals surface area contributed by atoms with Crippen LogP contribution in [-0.4, -0.2) is 17.5 Å². The second-order valence-corrected chi connectivity index (χ2v) is 6.44. The summed E-state index contributed by atoms with van der Waals surface area (Å²) >= 11 is 6.08. The number of carbonyl (C=O) groups excluding carboxylic acids is 1. The van der Waals surface area contributed by atoms with Gasteiger partial charge in [0.1, 0.15) is 5.75 Å². The van der Waals surface area contributed by atoms with Gasteiger partial charge < -0.3 is 15.0 Å². The van der Waals surface area contributed by atoms with Gasteiger partial charge in [-0.15, -0.1) is 0 Å². The summed E-state index contributed by atoms with van der Waals surface area (Å²) in [6.45, 7) is 0.332. The normalized spacial score (nSPS) is 11.0.